The zero-order valence-corrected chi connectivity index (χ0v) is 14.9. The summed E-state index contributed by atoms with van der Waals surface area (Å²) in [4.78, 5) is 3.97. The van der Waals surface area contributed by atoms with Gasteiger partial charge in [0, 0.05) is 30.1 Å². The van der Waals surface area contributed by atoms with E-state index >= 15 is 0 Å². The van der Waals surface area contributed by atoms with E-state index in [0.717, 1.165) is 19.6 Å². The molecular weight excluding hydrogens is 264 g/mol. The van der Waals surface area contributed by atoms with Crippen LogP contribution < -0.4 is 5.32 Å². The summed E-state index contributed by atoms with van der Waals surface area (Å²) in [5.41, 5.74) is 0.545. The van der Waals surface area contributed by atoms with Gasteiger partial charge in [0.2, 0.25) is 0 Å². The van der Waals surface area contributed by atoms with Crippen molar-refractivity contribution in [2.24, 2.45) is 5.41 Å². The quantitative estimate of drug-likeness (QED) is 0.779. The van der Waals surface area contributed by atoms with Crippen LogP contribution in [0.15, 0.2) is 17.5 Å². The normalized spacial score (nSPS) is 15.6. The fraction of sp³-hybridized carbons (Fsp3) is 0.765. The molecule has 0 saturated heterocycles. The number of hydrogen-bond donors (Lipinski definition) is 1. The first kappa shape index (κ1) is 17.7. The Balaban J connectivity index is 2.41. The molecule has 0 saturated carbocycles. The molecule has 3 heteroatoms. The largest absolute Gasteiger partial charge is 0.311 e. The summed E-state index contributed by atoms with van der Waals surface area (Å²) in [6, 6.07) is 4.38. The number of hydrogen-bond acceptors (Lipinski definition) is 3. The fourth-order valence-corrected chi connectivity index (χ4v) is 2.96. The maximum absolute atomic E-state index is 3.66. The average Bonchev–Trinajstić information content (AvgIpc) is 2.86. The van der Waals surface area contributed by atoms with Gasteiger partial charge in [-0.05, 0) is 57.5 Å². The van der Waals surface area contributed by atoms with Crippen LogP contribution in [0.5, 0.6) is 0 Å². The Morgan fingerprint density at radius 3 is 2.45 bits per heavy atom. The van der Waals surface area contributed by atoms with Crippen molar-refractivity contribution in [3.05, 3.63) is 22.4 Å². The molecule has 0 spiro atoms. The third kappa shape index (κ3) is 6.87. The smallest absolute Gasteiger partial charge is 0.00967 e. The molecule has 1 N–H and O–H groups in total. The summed E-state index contributed by atoms with van der Waals surface area (Å²) in [5, 5.41) is 5.83. The molecule has 116 valence electrons. The van der Waals surface area contributed by atoms with E-state index in [1.54, 1.807) is 0 Å². The van der Waals surface area contributed by atoms with Crippen molar-refractivity contribution in [2.45, 2.75) is 53.0 Å². The zero-order valence-electron chi connectivity index (χ0n) is 14.1. The molecule has 0 radical (unpaired) electrons. The van der Waals surface area contributed by atoms with Gasteiger partial charge in [0.05, 0.1) is 0 Å². The summed E-state index contributed by atoms with van der Waals surface area (Å²) in [6.45, 7) is 14.8. The Morgan fingerprint density at radius 1 is 1.25 bits per heavy atom. The minimum absolute atomic E-state index is 0.200. The lowest BCUT2D eigenvalue weighted by molar-refractivity contribution is 0.169. The molecule has 1 unspecified atom stereocenters. The Hall–Kier alpha value is -0.380. The van der Waals surface area contributed by atoms with Gasteiger partial charge in [0.15, 0.2) is 0 Å². The summed E-state index contributed by atoms with van der Waals surface area (Å²) < 4.78 is 0. The standard InChI is InChI=1S/C17H32N2S/c1-7-17(5,13-18-16(2,3)4)14-19(6)11-10-15-9-8-12-20-15/h8-9,12,18H,7,10-11,13-14H2,1-6H3. The molecule has 0 aromatic carbocycles. The second-order valence-electron chi connectivity index (χ2n) is 7.33. The van der Waals surface area contributed by atoms with Crippen molar-refractivity contribution in [2.75, 3.05) is 26.7 Å². The predicted molar refractivity (Wildman–Crippen MR) is 91.7 cm³/mol. The van der Waals surface area contributed by atoms with Crippen molar-refractivity contribution in [3.63, 3.8) is 0 Å². The van der Waals surface area contributed by atoms with Crippen LogP contribution in [0.1, 0.15) is 45.9 Å². The first-order chi connectivity index (χ1) is 9.24. The van der Waals surface area contributed by atoms with Crippen molar-refractivity contribution in [1.82, 2.24) is 10.2 Å². The van der Waals surface area contributed by atoms with Crippen LogP contribution in [0, 0.1) is 5.41 Å². The van der Waals surface area contributed by atoms with Gasteiger partial charge in [-0.3, -0.25) is 0 Å². The number of nitrogens with one attached hydrogen (secondary N) is 1. The van der Waals surface area contributed by atoms with E-state index in [1.807, 2.05) is 11.3 Å². The first-order valence-corrected chi connectivity index (χ1v) is 8.58. The highest BCUT2D eigenvalue weighted by Crippen LogP contribution is 2.22. The molecule has 2 nitrogen and oxygen atoms in total. The molecule has 0 fully saturated rings. The van der Waals surface area contributed by atoms with Gasteiger partial charge >= 0.3 is 0 Å². The monoisotopic (exact) mass is 296 g/mol. The molecule has 0 aliphatic carbocycles. The number of rotatable bonds is 8. The van der Waals surface area contributed by atoms with Crippen molar-refractivity contribution < 1.29 is 0 Å². The topological polar surface area (TPSA) is 15.3 Å². The molecule has 1 aromatic rings. The maximum Gasteiger partial charge on any atom is 0.00967 e. The molecule has 1 aromatic heterocycles. The molecule has 1 heterocycles. The summed E-state index contributed by atoms with van der Waals surface area (Å²) in [7, 11) is 2.25. The molecule has 20 heavy (non-hydrogen) atoms. The van der Waals surface area contributed by atoms with Crippen LogP contribution in [0.3, 0.4) is 0 Å². The molecule has 1 atom stereocenters. The minimum atomic E-state index is 0.200. The SMILES string of the molecule is CCC(C)(CNC(C)(C)C)CN(C)CCc1cccs1. The van der Waals surface area contributed by atoms with Crippen molar-refractivity contribution in [3.8, 4) is 0 Å². The Kier molecular flexibility index (Phi) is 6.70. The molecule has 0 aliphatic heterocycles. The summed E-state index contributed by atoms with van der Waals surface area (Å²) >= 11 is 1.86. The van der Waals surface area contributed by atoms with Gasteiger partial charge in [-0.2, -0.15) is 0 Å². The molecule has 0 amide bonds. The highest BCUT2D eigenvalue weighted by atomic mass is 32.1. The van der Waals surface area contributed by atoms with Crippen LogP contribution in [0.4, 0.5) is 0 Å². The minimum Gasteiger partial charge on any atom is -0.311 e. The molecule has 0 bridgehead atoms. The molecule has 1 rings (SSSR count). The highest BCUT2D eigenvalue weighted by Gasteiger charge is 2.25. The Bertz CT molecular complexity index is 367. The predicted octanol–water partition coefficient (Wildman–Crippen LogP) is 4.03. The van der Waals surface area contributed by atoms with Gasteiger partial charge in [-0.25, -0.2) is 0 Å². The van der Waals surface area contributed by atoms with Crippen molar-refractivity contribution >= 4 is 11.3 Å². The number of nitrogens with zero attached hydrogens (tertiary/aromatic N) is 1. The van der Waals surface area contributed by atoms with Gasteiger partial charge in [0.1, 0.15) is 0 Å². The Morgan fingerprint density at radius 2 is 1.95 bits per heavy atom. The van der Waals surface area contributed by atoms with E-state index in [4.69, 9.17) is 0 Å². The van der Waals surface area contributed by atoms with Gasteiger partial charge in [-0.15, -0.1) is 11.3 Å². The van der Waals surface area contributed by atoms with Gasteiger partial charge in [-0.1, -0.05) is 19.9 Å². The van der Waals surface area contributed by atoms with Crippen LogP contribution in [0.2, 0.25) is 0 Å². The average molecular weight is 297 g/mol. The summed E-state index contributed by atoms with van der Waals surface area (Å²) in [5.74, 6) is 0. The van der Waals surface area contributed by atoms with Crippen LogP contribution in [-0.2, 0) is 6.42 Å². The lowest BCUT2D eigenvalue weighted by atomic mass is 9.86. The lowest BCUT2D eigenvalue weighted by Gasteiger charge is -2.36. The zero-order chi connectivity index (χ0) is 15.2. The van der Waals surface area contributed by atoms with Gasteiger partial charge < -0.3 is 10.2 Å². The second-order valence-corrected chi connectivity index (χ2v) is 8.37. The van der Waals surface area contributed by atoms with Crippen LogP contribution in [0.25, 0.3) is 0 Å². The van der Waals surface area contributed by atoms with E-state index in [9.17, 15) is 0 Å². The van der Waals surface area contributed by atoms with Crippen molar-refractivity contribution in [1.29, 1.82) is 0 Å². The maximum atomic E-state index is 3.66. The number of thiophene rings is 1. The van der Waals surface area contributed by atoms with E-state index < -0.39 is 0 Å². The van der Waals surface area contributed by atoms with Gasteiger partial charge in [0.25, 0.3) is 0 Å². The number of likely N-dealkylation sites (N-methyl/N-ethyl adjacent to an activating group) is 1. The fourth-order valence-electron chi connectivity index (χ4n) is 2.26. The van der Waals surface area contributed by atoms with Crippen LogP contribution in [-0.4, -0.2) is 37.1 Å². The first-order valence-electron chi connectivity index (χ1n) is 7.70. The lowest BCUT2D eigenvalue weighted by Crippen LogP contribution is -2.47. The molecule has 0 aliphatic rings. The van der Waals surface area contributed by atoms with Crippen LogP contribution >= 0.6 is 11.3 Å². The Labute approximate surface area is 129 Å². The third-order valence-electron chi connectivity index (χ3n) is 3.87. The molecular formula is C17H32N2S. The highest BCUT2D eigenvalue weighted by molar-refractivity contribution is 7.09. The summed E-state index contributed by atoms with van der Waals surface area (Å²) in [6.07, 6.45) is 2.38. The van der Waals surface area contributed by atoms with E-state index in [-0.39, 0.29) is 5.54 Å². The van der Waals surface area contributed by atoms with E-state index in [2.05, 4.69) is 69.4 Å². The third-order valence-corrected chi connectivity index (χ3v) is 4.81. The van der Waals surface area contributed by atoms with E-state index in [1.165, 1.54) is 17.7 Å². The second kappa shape index (κ2) is 7.58. The van der Waals surface area contributed by atoms with E-state index in [0.29, 0.717) is 5.41 Å².